The molecule has 0 fully saturated rings. The Labute approximate surface area is 114 Å². The molecule has 0 aromatic heterocycles. The molecule has 0 aliphatic heterocycles. The first-order valence-corrected chi connectivity index (χ1v) is 7.13. The van der Waals surface area contributed by atoms with Gasteiger partial charge in [-0.3, -0.25) is 0 Å². The molecule has 3 heteroatoms. The Bertz CT molecular complexity index is 394. The number of benzene rings is 1. The molecular weight excluding hydrogens is 246 g/mol. The third kappa shape index (κ3) is 3.92. The number of phenols is 1. The van der Waals surface area contributed by atoms with Gasteiger partial charge in [0.05, 0.1) is 0 Å². The summed E-state index contributed by atoms with van der Waals surface area (Å²) in [5.74, 6) is -2.63. The summed E-state index contributed by atoms with van der Waals surface area (Å²) in [5.41, 5.74) is 0.405. The lowest BCUT2D eigenvalue weighted by molar-refractivity contribution is 0.373. The third-order valence-electron chi connectivity index (χ3n) is 4.08. The number of hydrogen-bond donors (Lipinski definition) is 1. The molecule has 0 radical (unpaired) electrons. The number of phenolic OH excluding ortho intramolecular Hbond substituents is 1. The molecule has 0 saturated heterocycles. The SMILES string of the molecule is CCCCCCC(C)(CC)c1cc(F)c(O)c(F)c1. The number of rotatable bonds is 7. The number of aromatic hydroxyl groups is 1. The second-order valence-electron chi connectivity index (χ2n) is 5.51. The molecule has 19 heavy (non-hydrogen) atoms. The minimum atomic E-state index is -0.881. The predicted molar refractivity (Wildman–Crippen MR) is 74.4 cm³/mol. The quantitative estimate of drug-likeness (QED) is 0.666. The van der Waals surface area contributed by atoms with Gasteiger partial charge in [0.25, 0.3) is 0 Å². The molecule has 0 heterocycles. The van der Waals surface area contributed by atoms with Crippen LogP contribution in [0.15, 0.2) is 12.1 Å². The van der Waals surface area contributed by atoms with Crippen molar-refractivity contribution in [3.8, 4) is 5.75 Å². The summed E-state index contributed by atoms with van der Waals surface area (Å²) in [6.45, 7) is 6.22. The lowest BCUT2D eigenvalue weighted by Crippen LogP contribution is -2.21. The Kier molecular flexibility index (Phi) is 5.77. The van der Waals surface area contributed by atoms with Crippen LogP contribution in [-0.2, 0) is 5.41 Å². The molecule has 0 aliphatic carbocycles. The number of hydrogen-bond acceptors (Lipinski definition) is 1. The van der Waals surface area contributed by atoms with Crippen LogP contribution in [0.5, 0.6) is 5.75 Å². The van der Waals surface area contributed by atoms with Crippen molar-refractivity contribution in [2.45, 2.75) is 64.7 Å². The van der Waals surface area contributed by atoms with Crippen molar-refractivity contribution in [1.29, 1.82) is 0 Å². The van der Waals surface area contributed by atoms with Crippen LogP contribution in [0.2, 0.25) is 0 Å². The molecule has 0 amide bonds. The van der Waals surface area contributed by atoms with E-state index in [1.54, 1.807) is 0 Å². The van der Waals surface area contributed by atoms with Gasteiger partial charge in [0.1, 0.15) is 0 Å². The van der Waals surface area contributed by atoms with E-state index < -0.39 is 17.4 Å². The van der Waals surface area contributed by atoms with Crippen LogP contribution in [0.3, 0.4) is 0 Å². The Morgan fingerprint density at radius 1 is 1.05 bits per heavy atom. The van der Waals surface area contributed by atoms with Gasteiger partial charge >= 0.3 is 0 Å². The summed E-state index contributed by atoms with van der Waals surface area (Å²) in [7, 11) is 0. The van der Waals surface area contributed by atoms with E-state index in [1.807, 2.05) is 13.8 Å². The second kappa shape index (κ2) is 6.88. The van der Waals surface area contributed by atoms with Crippen LogP contribution in [0, 0.1) is 11.6 Å². The van der Waals surface area contributed by atoms with Gasteiger partial charge < -0.3 is 5.11 Å². The van der Waals surface area contributed by atoms with Crippen LogP contribution in [0.25, 0.3) is 0 Å². The van der Waals surface area contributed by atoms with E-state index in [-0.39, 0.29) is 5.41 Å². The topological polar surface area (TPSA) is 20.2 Å². The van der Waals surface area contributed by atoms with Crippen molar-refractivity contribution in [1.82, 2.24) is 0 Å². The molecule has 1 atom stereocenters. The smallest absolute Gasteiger partial charge is 0.187 e. The maximum Gasteiger partial charge on any atom is 0.187 e. The van der Waals surface area contributed by atoms with E-state index in [0.717, 1.165) is 25.7 Å². The molecule has 1 aromatic carbocycles. The van der Waals surface area contributed by atoms with Gasteiger partial charge in [0.2, 0.25) is 0 Å². The Morgan fingerprint density at radius 2 is 1.63 bits per heavy atom. The Balaban J connectivity index is 2.88. The fourth-order valence-electron chi connectivity index (χ4n) is 2.38. The third-order valence-corrected chi connectivity index (χ3v) is 4.08. The maximum atomic E-state index is 13.5. The minimum absolute atomic E-state index is 0.233. The highest BCUT2D eigenvalue weighted by Gasteiger charge is 2.26. The van der Waals surface area contributed by atoms with E-state index in [0.29, 0.717) is 5.56 Å². The number of unbranched alkanes of at least 4 members (excludes halogenated alkanes) is 3. The summed E-state index contributed by atoms with van der Waals surface area (Å²) < 4.78 is 26.9. The average molecular weight is 270 g/mol. The first-order valence-electron chi connectivity index (χ1n) is 7.13. The molecular formula is C16H24F2O. The fourth-order valence-corrected chi connectivity index (χ4v) is 2.38. The average Bonchev–Trinajstić information content (AvgIpc) is 2.40. The monoisotopic (exact) mass is 270 g/mol. The second-order valence-corrected chi connectivity index (χ2v) is 5.51. The molecule has 0 spiro atoms. The highest BCUT2D eigenvalue weighted by atomic mass is 19.1. The first-order chi connectivity index (χ1) is 8.94. The van der Waals surface area contributed by atoms with E-state index in [9.17, 15) is 8.78 Å². The molecule has 1 nitrogen and oxygen atoms in total. The lowest BCUT2D eigenvalue weighted by atomic mass is 9.76. The van der Waals surface area contributed by atoms with E-state index in [4.69, 9.17) is 5.11 Å². The molecule has 1 aromatic rings. The Hall–Kier alpha value is -1.12. The summed E-state index contributed by atoms with van der Waals surface area (Å²) >= 11 is 0. The standard InChI is InChI=1S/C16H24F2O/c1-4-6-7-8-9-16(3,5-2)12-10-13(17)15(19)14(18)11-12/h10-11,19H,4-9H2,1-3H3. The number of halogens is 2. The molecule has 1 unspecified atom stereocenters. The van der Waals surface area contributed by atoms with Gasteiger partial charge in [-0.05, 0) is 36.0 Å². The van der Waals surface area contributed by atoms with Crippen molar-refractivity contribution < 1.29 is 13.9 Å². The van der Waals surface area contributed by atoms with Gasteiger partial charge in [0, 0.05) is 0 Å². The summed E-state index contributed by atoms with van der Waals surface area (Å²) in [5, 5.41) is 9.17. The molecule has 0 bridgehead atoms. The van der Waals surface area contributed by atoms with Crippen molar-refractivity contribution in [3.63, 3.8) is 0 Å². The van der Waals surface area contributed by atoms with Gasteiger partial charge in [-0.1, -0.05) is 46.5 Å². The lowest BCUT2D eigenvalue weighted by Gasteiger charge is -2.29. The zero-order valence-electron chi connectivity index (χ0n) is 12.1. The van der Waals surface area contributed by atoms with Crippen LogP contribution < -0.4 is 0 Å². The van der Waals surface area contributed by atoms with Gasteiger partial charge in [-0.25, -0.2) is 8.78 Å². The highest BCUT2D eigenvalue weighted by Crippen LogP contribution is 2.36. The van der Waals surface area contributed by atoms with E-state index in [2.05, 4.69) is 6.92 Å². The zero-order valence-corrected chi connectivity index (χ0v) is 12.1. The normalized spacial score (nSPS) is 14.4. The summed E-state index contributed by atoms with van der Waals surface area (Å²) in [6, 6.07) is 2.53. The highest BCUT2D eigenvalue weighted by molar-refractivity contribution is 5.34. The van der Waals surface area contributed by atoms with Gasteiger partial charge in [-0.15, -0.1) is 0 Å². The van der Waals surface area contributed by atoms with Crippen LogP contribution in [-0.4, -0.2) is 5.11 Å². The van der Waals surface area contributed by atoms with Crippen LogP contribution in [0.4, 0.5) is 8.78 Å². The van der Waals surface area contributed by atoms with E-state index >= 15 is 0 Å². The summed E-state index contributed by atoms with van der Waals surface area (Å²) in [4.78, 5) is 0. The fraction of sp³-hybridized carbons (Fsp3) is 0.625. The molecule has 1 rings (SSSR count). The van der Waals surface area contributed by atoms with Crippen molar-refractivity contribution in [2.24, 2.45) is 0 Å². The predicted octanol–water partition coefficient (Wildman–Crippen LogP) is 5.31. The van der Waals surface area contributed by atoms with Gasteiger partial charge in [-0.2, -0.15) is 0 Å². The maximum absolute atomic E-state index is 13.5. The Morgan fingerprint density at radius 3 is 2.11 bits per heavy atom. The van der Waals surface area contributed by atoms with Crippen LogP contribution in [0.1, 0.15) is 64.9 Å². The van der Waals surface area contributed by atoms with Gasteiger partial charge in [0.15, 0.2) is 17.4 Å². The molecule has 1 N–H and O–H groups in total. The van der Waals surface area contributed by atoms with E-state index in [1.165, 1.54) is 25.0 Å². The molecule has 0 saturated carbocycles. The van der Waals surface area contributed by atoms with Crippen molar-refractivity contribution in [3.05, 3.63) is 29.3 Å². The molecule has 108 valence electrons. The van der Waals surface area contributed by atoms with Crippen LogP contribution >= 0.6 is 0 Å². The zero-order chi connectivity index (χ0) is 14.5. The summed E-state index contributed by atoms with van der Waals surface area (Å²) in [6.07, 6.45) is 6.30. The largest absolute Gasteiger partial charge is 0.503 e. The van der Waals surface area contributed by atoms with Crippen molar-refractivity contribution >= 4 is 0 Å². The van der Waals surface area contributed by atoms with Crippen molar-refractivity contribution in [2.75, 3.05) is 0 Å². The molecule has 0 aliphatic rings. The first kappa shape index (κ1) is 15.9. The minimum Gasteiger partial charge on any atom is -0.503 e.